The Morgan fingerprint density at radius 1 is 1.67 bits per heavy atom. The molecule has 1 aromatic heterocycles. The highest BCUT2D eigenvalue weighted by Crippen LogP contribution is 1.99. The van der Waals surface area contributed by atoms with Gasteiger partial charge >= 0.3 is 0 Å². The van der Waals surface area contributed by atoms with Crippen LogP contribution in [0.1, 0.15) is 12.0 Å². The highest BCUT2D eigenvalue weighted by atomic mass is 14.6. The number of allylic oxidation sites excluding steroid dienone is 1. The maximum Gasteiger partial charge on any atom is 0.00374 e. The van der Waals surface area contributed by atoms with E-state index in [0.717, 1.165) is 12.8 Å². The summed E-state index contributed by atoms with van der Waals surface area (Å²) in [4.78, 5) is 2.98. The van der Waals surface area contributed by atoms with Crippen molar-refractivity contribution in [3.05, 3.63) is 36.7 Å². The lowest BCUT2D eigenvalue weighted by Crippen LogP contribution is -1.76. The van der Waals surface area contributed by atoms with Gasteiger partial charge in [-0.2, -0.15) is 0 Å². The SMILES string of the molecule is [CH]=CCCc1cc[nH]c1. The number of H-pyrrole nitrogens is 1. The van der Waals surface area contributed by atoms with Gasteiger partial charge in [0.2, 0.25) is 0 Å². The molecule has 0 saturated heterocycles. The minimum atomic E-state index is 0.956. The average molecular weight is 120 g/mol. The van der Waals surface area contributed by atoms with Crippen LogP contribution in [0.25, 0.3) is 0 Å². The number of aromatic nitrogens is 1. The van der Waals surface area contributed by atoms with Crippen LogP contribution in [0, 0.1) is 6.58 Å². The van der Waals surface area contributed by atoms with E-state index in [0.29, 0.717) is 0 Å². The molecule has 1 aromatic rings. The van der Waals surface area contributed by atoms with Crippen LogP contribution in [0.2, 0.25) is 0 Å². The van der Waals surface area contributed by atoms with Crippen molar-refractivity contribution in [3.63, 3.8) is 0 Å². The Kier molecular flexibility index (Phi) is 2.13. The summed E-state index contributed by atoms with van der Waals surface area (Å²) in [5.41, 5.74) is 1.32. The third-order valence-corrected chi connectivity index (χ3v) is 1.26. The lowest BCUT2D eigenvalue weighted by Gasteiger charge is -1.87. The molecule has 47 valence electrons. The van der Waals surface area contributed by atoms with Crippen LogP contribution in [-0.4, -0.2) is 4.98 Å². The van der Waals surface area contributed by atoms with Gasteiger partial charge in [0.05, 0.1) is 0 Å². The third kappa shape index (κ3) is 1.76. The van der Waals surface area contributed by atoms with Gasteiger partial charge in [-0.25, -0.2) is 0 Å². The summed E-state index contributed by atoms with van der Waals surface area (Å²) in [7, 11) is 0. The molecule has 0 aromatic carbocycles. The Hall–Kier alpha value is -0.980. The first-order chi connectivity index (χ1) is 4.43. The van der Waals surface area contributed by atoms with Gasteiger partial charge in [0.25, 0.3) is 0 Å². The van der Waals surface area contributed by atoms with E-state index in [1.54, 1.807) is 6.08 Å². The molecule has 0 amide bonds. The highest BCUT2D eigenvalue weighted by Gasteiger charge is 1.87. The highest BCUT2D eigenvalue weighted by molar-refractivity contribution is 5.08. The minimum Gasteiger partial charge on any atom is -0.367 e. The summed E-state index contributed by atoms with van der Waals surface area (Å²) >= 11 is 0. The molecule has 0 atom stereocenters. The van der Waals surface area contributed by atoms with Crippen molar-refractivity contribution < 1.29 is 0 Å². The van der Waals surface area contributed by atoms with Crippen LogP contribution in [-0.2, 0) is 6.42 Å². The van der Waals surface area contributed by atoms with E-state index in [4.69, 9.17) is 6.58 Å². The van der Waals surface area contributed by atoms with Crippen molar-refractivity contribution in [2.75, 3.05) is 0 Å². The van der Waals surface area contributed by atoms with Gasteiger partial charge in [-0.05, 0) is 24.5 Å². The van der Waals surface area contributed by atoms with Gasteiger partial charge in [-0.1, -0.05) is 12.7 Å². The first-order valence-electron chi connectivity index (χ1n) is 3.08. The smallest absolute Gasteiger partial charge is 0.00374 e. The van der Waals surface area contributed by atoms with Crippen molar-refractivity contribution in [1.82, 2.24) is 4.98 Å². The zero-order chi connectivity index (χ0) is 6.53. The van der Waals surface area contributed by atoms with Crippen LogP contribution < -0.4 is 0 Å². The van der Waals surface area contributed by atoms with Crippen LogP contribution in [0.4, 0.5) is 0 Å². The Labute approximate surface area is 55.4 Å². The molecule has 1 nitrogen and oxygen atoms in total. The Morgan fingerprint density at radius 3 is 3.11 bits per heavy atom. The maximum atomic E-state index is 5.21. The second kappa shape index (κ2) is 3.13. The summed E-state index contributed by atoms with van der Waals surface area (Å²) in [6.07, 6.45) is 7.60. The molecule has 0 aliphatic heterocycles. The fourth-order valence-electron chi connectivity index (χ4n) is 0.764. The molecule has 0 saturated carbocycles. The van der Waals surface area contributed by atoms with E-state index in [-0.39, 0.29) is 0 Å². The molecule has 1 radical (unpaired) electrons. The van der Waals surface area contributed by atoms with E-state index in [1.165, 1.54) is 5.56 Å². The molecule has 0 fully saturated rings. The molecule has 9 heavy (non-hydrogen) atoms. The summed E-state index contributed by atoms with van der Waals surface area (Å²) in [5, 5.41) is 0. The van der Waals surface area contributed by atoms with Crippen LogP contribution in [0.5, 0.6) is 0 Å². The Morgan fingerprint density at radius 2 is 2.56 bits per heavy atom. The van der Waals surface area contributed by atoms with Crippen molar-refractivity contribution in [2.24, 2.45) is 0 Å². The van der Waals surface area contributed by atoms with Crippen LogP contribution in [0.15, 0.2) is 24.5 Å². The van der Waals surface area contributed by atoms with Gasteiger partial charge in [-0.15, -0.1) is 0 Å². The predicted molar refractivity (Wildman–Crippen MR) is 38.0 cm³/mol. The van der Waals surface area contributed by atoms with Gasteiger partial charge in [0.15, 0.2) is 0 Å². The van der Waals surface area contributed by atoms with Crippen molar-refractivity contribution in [2.45, 2.75) is 12.8 Å². The number of nitrogens with one attached hydrogen (secondary N) is 1. The summed E-state index contributed by atoms with van der Waals surface area (Å²) in [6, 6.07) is 2.06. The second-order valence-corrected chi connectivity index (χ2v) is 1.99. The molecular weight excluding hydrogens is 110 g/mol. The molecule has 1 heterocycles. The summed E-state index contributed by atoms with van der Waals surface area (Å²) in [6.45, 7) is 5.21. The minimum absolute atomic E-state index is 0.956. The zero-order valence-electron chi connectivity index (χ0n) is 5.30. The fourth-order valence-corrected chi connectivity index (χ4v) is 0.764. The predicted octanol–water partition coefficient (Wildman–Crippen LogP) is 1.94. The number of rotatable bonds is 3. The fraction of sp³-hybridized carbons (Fsp3) is 0.250. The Balaban J connectivity index is 2.38. The van der Waals surface area contributed by atoms with E-state index < -0.39 is 0 Å². The molecular formula is C8H10N. The third-order valence-electron chi connectivity index (χ3n) is 1.26. The van der Waals surface area contributed by atoms with Crippen molar-refractivity contribution in [3.8, 4) is 0 Å². The van der Waals surface area contributed by atoms with Crippen LogP contribution in [0.3, 0.4) is 0 Å². The van der Waals surface area contributed by atoms with Crippen molar-refractivity contribution in [1.29, 1.82) is 0 Å². The quantitative estimate of drug-likeness (QED) is 0.627. The molecule has 0 spiro atoms. The maximum absolute atomic E-state index is 5.21. The summed E-state index contributed by atoms with van der Waals surface area (Å²) in [5.74, 6) is 0. The van der Waals surface area contributed by atoms with Gasteiger partial charge in [0.1, 0.15) is 0 Å². The molecule has 1 heteroatoms. The standard InChI is InChI=1S/C8H10N/c1-2-3-4-8-5-6-9-7-8/h1-2,5-7,9H,3-4H2. The van der Waals surface area contributed by atoms with E-state index in [2.05, 4.69) is 11.1 Å². The summed E-state index contributed by atoms with van der Waals surface area (Å²) < 4.78 is 0. The number of hydrogen-bond donors (Lipinski definition) is 1. The largest absolute Gasteiger partial charge is 0.367 e. The number of aromatic amines is 1. The second-order valence-electron chi connectivity index (χ2n) is 1.99. The first kappa shape index (κ1) is 6.14. The van der Waals surface area contributed by atoms with Crippen molar-refractivity contribution >= 4 is 0 Å². The Bertz CT molecular complexity index is 163. The average Bonchev–Trinajstić information content (AvgIpc) is 2.34. The van der Waals surface area contributed by atoms with E-state index in [1.807, 2.05) is 12.4 Å². The molecule has 1 N–H and O–H groups in total. The monoisotopic (exact) mass is 120 g/mol. The molecule has 0 unspecified atom stereocenters. The first-order valence-corrected chi connectivity index (χ1v) is 3.08. The van der Waals surface area contributed by atoms with Gasteiger partial charge in [-0.3, -0.25) is 0 Å². The molecule has 1 rings (SSSR count). The molecule has 0 aliphatic carbocycles. The lowest BCUT2D eigenvalue weighted by atomic mass is 10.2. The van der Waals surface area contributed by atoms with Gasteiger partial charge < -0.3 is 4.98 Å². The topological polar surface area (TPSA) is 15.8 Å². The lowest BCUT2D eigenvalue weighted by molar-refractivity contribution is 1.01. The molecule has 0 aliphatic rings. The zero-order valence-corrected chi connectivity index (χ0v) is 5.30. The normalized spacial score (nSPS) is 9.33. The van der Waals surface area contributed by atoms with E-state index in [9.17, 15) is 0 Å². The number of hydrogen-bond acceptors (Lipinski definition) is 0. The molecule has 0 bridgehead atoms. The van der Waals surface area contributed by atoms with Gasteiger partial charge in [0, 0.05) is 12.4 Å². The number of aryl methyl sites for hydroxylation is 1. The van der Waals surface area contributed by atoms with Crippen LogP contribution >= 0.6 is 0 Å². The van der Waals surface area contributed by atoms with E-state index >= 15 is 0 Å².